The Morgan fingerprint density at radius 1 is 1.04 bits per heavy atom. The maximum atomic E-state index is 13.7. The monoisotopic (exact) mass is 719 g/mol. The fourth-order valence-corrected chi connectivity index (χ4v) is 7.57. The van der Waals surface area contributed by atoms with Crippen LogP contribution in [0.15, 0.2) is 65.8 Å². The maximum Gasteiger partial charge on any atom is 0.265 e. The van der Waals surface area contributed by atoms with E-state index >= 15 is 0 Å². The third-order valence-electron chi connectivity index (χ3n) is 9.63. The minimum absolute atomic E-state index is 0.0332. The molecular weight excluding hydrogens is 659 g/mol. The second-order valence-electron chi connectivity index (χ2n) is 13.2. The number of carbonyl (C=O) groups is 2. The van der Waals surface area contributed by atoms with Crippen molar-refractivity contribution in [3.63, 3.8) is 0 Å². The van der Waals surface area contributed by atoms with E-state index in [1.54, 1.807) is 11.3 Å². The molecule has 0 saturated carbocycles. The van der Waals surface area contributed by atoms with Gasteiger partial charge in [-0.15, -0.1) is 11.3 Å². The second-order valence-corrected chi connectivity index (χ2v) is 14.7. The molecule has 0 bridgehead atoms. The van der Waals surface area contributed by atoms with Gasteiger partial charge in [0.25, 0.3) is 5.91 Å². The highest BCUT2D eigenvalue weighted by atomic mass is 32.1. The number of carbonyl (C=O) groups excluding carboxylic acids is 2. The van der Waals surface area contributed by atoms with Crippen LogP contribution in [-0.4, -0.2) is 59.5 Å². The molecule has 2 heterocycles. The molecule has 1 unspecified atom stereocenters. The topological polar surface area (TPSA) is 90.7 Å². The Kier molecular flexibility index (Phi) is 16.9. The first kappa shape index (κ1) is 41.2. The molecular formula is C41H61N5O2S2. The Labute approximate surface area is 311 Å². The van der Waals surface area contributed by atoms with Crippen molar-refractivity contribution in [3.8, 4) is 0 Å². The normalized spacial score (nSPS) is 17.0. The van der Waals surface area contributed by atoms with Gasteiger partial charge in [0.1, 0.15) is 0 Å². The fraction of sp³-hybridized carbons (Fsp3) is 0.512. The van der Waals surface area contributed by atoms with E-state index in [1.807, 2.05) is 84.0 Å². The molecule has 1 saturated heterocycles. The smallest absolute Gasteiger partial charge is 0.265 e. The number of fused-ring (bicyclic) bond motifs is 1. The van der Waals surface area contributed by atoms with E-state index in [0.717, 1.165) is 78.4 Å². The number of thiophene rings is 1. The molecule has 7 nitrogen and oxygen atoms in total. The number of thiol groups is 1. The first-order valence-corrected chi connectivity index (χ1v) is 20.0. The van der Waals surface area contributed by atoms with Gasteiger partial charge in [-0.1, -0.05) is 52.3 Å². The van der Waals surface area contributed by atoms with E-state index in [1.165, 1.54) is 29.7 Å². The van der Waals surface area contributed by atoms with Crippen LogP contribution in [-0.2, 0) is 17.6 Å². The highest BCUT2D eigenvalue weighted by molar-refractivity contribution is 7.80. The van der Waals surface area contributed by atoms with E-state index in [4.69, 9.17) is 5.73 Å². The standard InChI is InChI=1S/C39H55N5O2S2.C2H6/c1-7-27(5)38(45)34(41-31(25-47)17-18-37(40)44-21-19-43(20-22-44)26(3)4)23-29(8-2)32-14-12-15-33(28(32)6)42-39(46)36-24-30-13-10-9-11-16-35(30)48-36;1-2/h8,12,14-15,17-18,23-24,26-27,41,47H,7,9-11,13,16,19-22,25,40H2,1-6H3,(H,42,46);1-2H3/b29-8+,31-17+,34-23+,37-18+;. The first-order valence-electron chi connectivity index (χ1n) is 18.5. The van der Waals surface area contributed by atoms with Crippen LogP contribution in [0.5, 0.6) is 0 Å². The number of aryl methyl sites for hydroxylation is 2. The molecule has 1 aromatic heterocycles. The molecule has 0 spiro atoms. The van der Waals surface area contributed by atoms with Crippen LogP contribution in [0.25, 0.3) is 5.57 Å². The quantitative estimate of drug-likeness (QED) is 0.0717. The van der Waals surface area contributed by atoms with Crippen molar-refractivity contribution in [2.24, 2.45) is 11.7 Å². The average Bonchev–Trinajstić information content (AvgIpc) is 3.42. The van der Waals surface area contributed by atoms with Crippen molar-refractivity contribution in [1.82, 2.24) is 15.1 Å². The molecule has 4 rings (SSSR count). The van der Waals surface area contributed by atoms with Crippen LogP contribution < -0.4 is 16.4 Å². The Balaban J connectivity index is 0.00000332. The average molecular weight is 720 g/mol. The second kappa shape index (κ2) is 20.5. The van der Waals surface area contributed by atoms with Crippen molar-refractivity contribution in [3.05, 3.63) is 92.2 Å². The minimum Gasteiger partial charge on any atom is -0.385 e. The number of Topliss-reactive ketones (excluding diaryl/α,β-unsaturated/α-hetero) is 1. The number of rotatable bonds is 13. The summed E-state index contributed by atoms with van der Waals surface area (Å²) in [6.45, 7) is 20.1. The van der Waals surface area contributed by atoms with E-state index < -0.39 is 0 Å². The number of nitrogens with two attached hydrogens (primary N) is 1. The van der Waals surface area contributed by atoms with Gasteiger partial charge in [-0.2, -0.15) is 12.6 Å². The third-order valence-corrected chi connectivity index (χ3v) is 11.2. The number of piperazine rings is 1. The number of hydrogen-bond acceptors (Lipinski definition) is 8. The number of amides is 1. The van der Waals surface area contributed by atoms with Gasteiger partial charge in [-0.3, -0.25) is 14.5 Å². The summed E-state index contributed by atoms with van der Waals surface area (Å²) in [4.78, 5) is 33.9. The molecule has 2 aliphatic rings. The van der Waals surface area contributed by atoms with E-state index in [-0.39, 0.29) is 17.6 Å². The zero-order chi connectivity index (χ0) is 36.8. The zero-order valence-corrected chi connectivity index (χ0v) is 33.4. The van der Waals surface area contributed by atoms with Gasteiger partial charge in [0.15, 0.2) is 5.78 Å². The lowest BCUT2D eigenvalue weighted by molar-refractivity contribution is -0.119. The van der Waals surface area contributed by atoms with Gasteiger partial charge in [0.2, 0.25) is 0 Å². The van der Waals surface area contributed by atoms with Crippen molar-refractivity contribution >= 4 is 46.9 Å². The predicted octanol–water partition coefficient (Wildman–Crippen LogP) is 8.74. The first-order chi connectivity index (χ1) is 24.1. The number of ketones is 1. The summed E-state index contributed by atoms with van der Waals surface area (Å²) in [6.07, 6.45) is 14.3. The van der Waals surface area contributed by atoms with Crippen molar-refractivity contribution in [1.29, 1.82) is 0 Å². The molecule has 1 fully saturated rings. The fourth-order valence-electron chi connectivity index (χ4n) is 6.23. The van der Waals surface area contributed by atoms with Crippen LogP contribution >= 0.6 is 24.0 Å². The number of nitrogens with zero attached hydrogens (tertiary/aromatic N) is 2. The molecule has 1 aliphatic carbocycles. The van der Waals surface area contributed by atoms with Crippen LogP contribution in [0.1, 0.15) is 105 Å². The minimum atomic E-state index is -0.159. The number of benzene rings is 1. The van der Waals surface area contributed by atoms with Crippen LogP contribution in [0.2, 0.25) is 0 Å². The lowest BCUT2D eigenvalue weighted by Gasteiger charge is -2.38. The summed E-state index contributed by atoms with van der Waals surface area (Å²) in [5.74, 6) is 0.922. The molecule has 274 valence electrons. The Morgan fingerprint density at radius 3 is 2.38 bits per heavy atom. The number of nitrogens with one attached hydrogen (secondary N) is 2. The third kappa shape index (κ3) is 11.1. The van der Waals surface area contributed by atoms with Gasteiger partial charge in [0.05, 0.1) is 16.4 Å². The molecule has 1 atom stereocenters. The van der Waals surface area contributed by atoms with Crippen molar-refractivity contribution in [2.45, 2.75) is 100.0 Å². The molecule has 1 aliphatic heterocycles. The molecule has 1 aromatic carbocycles. The van der Waals surface area contributed by atoms with Crippen molar-refractivity contribution in [2.75, 3.05) is 37.2 Å². The summed E-state index contributed by atoms with van der Waals surface area (Å²) >= 11 is 6.22. The summed E-state index contributed by atoms with van der Waals surface area (Å²) in [5, 5.41) is 6.58. The van der Waals surface area contributed by atoms with Crippen LogP contribution in [0.3, 0.4) is 0 Å². The van der Waals surface area contributed by atoms with E-state index in [2.05, 4.69) is 53.0 Å². The number of anilines is 1. The Morgan fingerprint density at radius 2 is 1.74 bits per heavy atom. The molecule has 4 N–H and O–H groups in total. The van der Waals surface area contributed by atoms with Gasteiger partial charge in [-0.25, -0.2) is 0 Å². The van der Waals surface area contributed by atoms with E-state index in [0.29, 0.717) is 23.3 Å². The Bertz CT molecular complexity index is 1540. The Hall–Kier alpha value is -3.27. The zero-order valence-electron chi connectivity index (χ0n) is 31.7. The van der Waals surface area contributed by atoms with Gasteiger partial charge in [-0.05, 0) is 112 Å². The highest BCUT2D eigenvalue weighted by Crippen LogP contribution is 2.31. The summed E-state index contributed by atoms with van der Waals surface area (Å²) in [6, 6.07) is 8.54. The van der Waals surface area contributed by atoms with E-state index in [9.17, 15) is 9.59 Å². The lowest BCUT2D eigenvalue weighted by Crippen LogP contribution is -2.49. The summed E-state index contributed by atoms with van der Waals surface area (Å²) in [7, 11) is 0. The van der Waals surface area contributed by atoms with Gasteiger partial charge >= 0.3 is 0 Å². The summed E-state index contributed by atoms with van der Waals surface area (Å²) in [5.41, 5.74) is 12.7. The van der Waals surface area contributed by atoms with Gasteiger partial charge in [0, 0.05) is 60.2 Å². The molecule has 50 heavy (non-hydrogen) atoms. The maximum absolute atomic E-state index is 13.7. The summed E-state index contributed by atoms with van der Waals surface area (Å²) < 4.78 is 0. The van der Waals surface area contributed by atoms with Crippen LogP contribution in [0, 0.1) is 12.8 Å². The lowest BCUT2D eigenvalue weighted by atomic mass is 9.95. The SMILES string of the molecule is C/C=C(\C=C(\N/C(=C/C=C(\N)N1CCN(C(C)C)CC1)CS)C(=O)C(C)CC)c1cccc(NC(=O)c2cc3c(s2)CCCCC3)c1C.CC. The molecule has 1 amide bonds. The number of hydrogen-bond donors (Lipinski definition) is 4. The molecule has 0 radical (unpaired) electrons. The largest absolute Gasteiger partial charge is 0.385 e. The molecule has 2 aromatic rings. The predicted molar refractivity (Wildman–Crippen MR) is 218 cm³/mol. The molecule has 9 heteroatoms. The van der Waals surface area contributed by atoms with Gasteiger partial charge < -0.3 is 21.3 Å². The number of allylic oxidation sites excluding steroid dienone is 6. The van der Waals surface area contributed by atoms with Crippen molar-refractivity contribution < 1.29 is 9.59 Å². The van der Waals surface area contributed by atoms with Crippen LogP contribution in [0.4, 0.5) is 5.69 Å². The highest BCUT2D eigenvalue weighted by Gasteiger charge is 2.21.